The van der Waals surface area contributed by atoms with Gasteiger partial charge in [-0.3, -0.25) is 0 Å². The number of rotatable bonds is 2. The monoisotopic (exact) mass is 242 g/mol. The molecule has 0 spiro atoms. The van der Waals surface area contributed by atoms with Crippen LogP contribution in [0.25, 0.3) is 0 Å². The molecule has 1 heteroatoms. The smallest absolute Gasteiger partial charge is 0.0818 e. The largest absolute Gasteiger partial charge is 0.388 e. The molecule has 0 amide bonds. The van der Waals surface area contributed by atoms with Crippen LogP contribution in [-0.4, -0.2) is 11.2 Å². The van der Waals surface area contributed by atoms with Crippen LogP contribution in [0.1, 0.15) is 55.6 Å². The van der Waals surface area contributed by atoms with Crippen molar-refractivity contribution in [3.05, 3.63) is 47.0 Å². The van der Waals surface area contributed by atoms with Crippen LogP contribution in [0.4, 0.5) is 0 Å². The van der Waals surface area contributed by atoms with Crippen LogP contribution in [-0.2, 0) is 6.42 Å². The SMILES string of the molecule is OC(C1=CCCCC1)C1CCCc2ccccc21. The highest BCUT2D eigenvalue weighted by Crippen LogP contribution is 2.37. The molecule has 0 saturated carbocycles. The van der Waals surface area contributed by atoms with Crippen molar-refractivity contribution in [3.63, 3.8) is 0 Å². The maximum Gasteiger partial charge on any atom is 0.0818 e. The number of aliphatic hydroxyl groups is 1. The molecule has 0 aliphatic heterocycles. The summed E-state index contributed by atoms with van der Waals surface area (Å²) in [6.45, 7) is 0. The third-order valence-corrected chi connectivity index (χ3v) is 4.50. The van der Waals surface area contributed by atoms with Gasteiger partial charge in [-0.05, 0) is 61.6 Å². The molecule has 0 radical (unpaired) electrons. The number of aryl methyl sites for hydroxylation is 1. The summed E-state index contributed by atoms with van der Waals surface area (Å²) in [4.78, 5) is 0. The summed E-state index contributed by atoms with van der Waals surface area (Å²) in [7, 11) is 0. The van der Waals surface area contributed by atoms with Crippen molar-refractivity contribution in [2.45, 2.75) is 57.0 Å². The molecule has 2 unspecified atom stereocenters. The van der Waals surface area contributed by atoms with Gasteiger partial charge in [-0.25, -0.2) is 0 Å². The summed E-state index contributed by atoms with van der Waals surface area (Å²) in [5, 5.41) is 10.7. The minimum atomic E-state index is -0.244. The molecule has 2 aliphatic carbocycles. The summed E-state index contributed by atoms with van der Waals surface area (Å²) >= 11 is 0. The molecule has 18 heavy (non-hydrogen) atoms. The average Bonchev–Trinajstić information content (AvgIpc) is 2.47. The summed E-state index contributed by atoms with van der Waals surface area (Å²) in [5.41, 5.74) is 4.13. The molecular weight excluding hydrogens is 220 g/mol. The molecule has 1 nitrogen and oxygen atoms in total. The third kappa shape index (κ3) is 2.24. The first kappa shape index (κ1) is 12.0. The first-order valence-corrected chi connectivity index (χ1v) is 7.31. The summed E-state index contributed by atoms with van der Waals surface area (Å²) in [5.74, 6) is 0.333. The van der Waals surface area contributed by atoms with E-state index in [0.29, 0.717) is 5.92 Å². The van der Waals surface area contributed by atoms with Gasteiger partial charge in [0, 0.05) is 5.92 Å². The molecule has 0 aromatic heterocycles. The van der Waals surface area contributed by atoms with Crippen molar-refractivity contribution in [1.29, 1.82) is 0 Å². The van der Waals surface area contributed by atoms with Crippen LogP contribution in [0.15, 0.2) is 35.9 Å². The first-order chi connectivity index (χ1) is 8.86. The molecule has 3 rings (SSSR count). The summed E-state index contributed by atoms with van der Waals surface area (Å²) in [6.07, 6.45) is 10.4. The van der Waals surface area contributed by atoms with Crippen LogP contribution in [0, 0.1) is 0 Å². The van der Waals surface area contributed by atoms with Gasteiger partial charge in [0.15, 0.2) is 0 Å². The quantitative estimate of drug-likeness (QED) is 0.778. The first-order valence-electron chi connectivity index (χ1n) is 7.31. The van der Waals surface area contributed by atoms with E-state index in [2.05, 4.69) is 30.3 Å². The Labute approximate surface area is 110 Å². The zero-order chi connectivity index (χ0) is 12.4. The second-order valence-corrected chi connectivity index (χ2v) is 5.67. The van der Waals surface area contributed by atoms with E-state index in [9.17, 15) is 5.11 Å². The Bertz CT molecular complexity index is 447. The summed E-state index contributed by atoms with van der Waals surface area (Å²) < 4.78 is 0. The Kier molecular flexibility index (Phi) is 3.51. The molecule has 1 aromatic rings. The van der Waals surface area contributed by atoms with E-state index >= 15 is 0 Å². The Hall–Kier alpha value is -1.08. The van der Waals surface area contributed by atoms with E-state index in [1.54, 1.807) is 0 Å². The van der Waals surface area contributed by atoms with E-state index in [1.165, 1.54) is 42.4 Å². The molecule has 1 aromatic carbocycles. The van der Waals surface area contributed by atoms with E-state index in [1.807, 2.05) is 0 Å². The number of hydrogen-bond donors (Lipinski definition) is 1. The fourth-order valence-electron chi connectivity index (χ4n) is 3.51. The summed E-state index contributed by atoms with van der Waals surface area (Å²) in [6, 6.07) is 8.67. The maximum absolute atomic E-state index is 10.7. The standard InChI is InChI=1S/C17H22O/c18-17(14-8-2-1-3-9-14)16-12-6-10-13-7-4-5-11-15(13)16/h4-5,7-8,11,16-18H,1-3,6,9-10,12H2. The van der Waals surface area contributed by atoms with Gasteiger partial charge in [0.05, 0.1) is 6.10 Å². The minimum Gasteiger partial charge on any atom is -0.388 e. The Morgan fingerprint density at radius 3 is 2.78 bits per heavy atom. The van der Waals surface area contributed by atoms with Gasteiger partial charge in [0.1, 0.15) is 0 Å². The molecular formula is C17H22O. The highest BCUT2D eigenvalue weighted by Gasteiger charge is 2.28. The Balaban J connectivity index is 1.86. The molecule has 0 heterocycles. The van der Waals surface area contributed by atoms with E-state index in [-0.39, 0.29) is 6.10 Å². The topological polar surface area (TPSA) is 20.2 Å². The lowest BCUT2D eigenvalue weighted by Crippen LogP contribution is -2.25. The van der Waals surface area contributed by atoms with Gasteiger partial charge < -0.3 is 5.11 Å². The van der Waals surface area contributed by atoms with Gasteiger partial charge in [-0.15, -0.1) is 0 Å². The lowest BCUT2D eigenvalue weighted by atomic mass is 9.76. The molecule has 96 valence electrons. The number of fused-ring (bicyclic) bond motifs is 1. The molecule has 1 N–H and O–H groups in total. The number of hydrogen-bond acceptors (Lipinski definition) is 1. The van der Waals surface area contributed by atoms with Gasteiger partial charge in [0.2, 0.25) is 0 Å². The second kappa shape index (κ2) is 5.27. The number of aliphatic hydroxyl groups excluding tert-OH is 1. The zero-order valence-electron chi connectivity index (χ0n) is 10.9. The van der Waals surface area contributed by atoms with E-state index < -0.39 is 0 Å². The van der Waals surface area contributed by atoms with Crippen molar-refractivity contribution in [1.82, 2.24) is 0 Å². The van der Waals surface area contributed by atoms with Gasteiger partial charge in [0.25, 0.3) is 0 Å². The lowest BCUT2D eigenvalue weighted by molar-refractivity contribution is 0.162. The van der Waals surface area contributed by atoms with Crippen molar-refractivity contribution in [2.24, 2.45) is 0 Å². The van der Waals surface area contributed by atoms with Gasteiger partial charge >= 0.3 is 0 Å². The second-order valence-electron chi connectivity index (χ2n) is 5.67. The van der Waals surface area contributed by atoms with Crippen LogP contribution < -0.4 is 0 Å². The Morgan fingerprint density at radius 2 is 1.94 bits per heavy atom. The maximum atomic E-state index is 10.7. The zero-order valence-corrected chi connectivity index (χ0v) is 10.9. The molecule has 0 bridgehead atoms. The van der Waals surface area contributed by atoms with Crippen LogP contribution >= 0.6 is 0 Å². The van der Waals surface area contributed by atoms with E-state index in [4.69, 9.17) is 0 Å². The van der Waals surface area contributed by atoms with Gasteiger partial charge in [-0.2, -0.15) is 0 Å². The fraction of sp³-hybridized carbons (Fsp3) is 0.529. The van der Waals surface area contributed by atoms with Crippen LogP contribution in [0.2, 0.25) is 0 Å². The van der Waals surface area contributed by atoms with Gasteiger partial charge in [-0.1, -0.05) is 30.3 Å². The van der Waals surface area contributed by atoms with E-state index in [0.717, 1.165) is 19.3 Å². The fourth-order valence-corrected chi connectivity index (χ4v) is 3.51. The van der Waals surface area contributed by atoms with Crippen LogP contribution in [0.3, 0.4) is 0 Å². The van der Waals surface area contributed by atoms with Crippen molar-refractivity contribution < 1.29 is 5.11 Å². The minimum absolute atomic E-state index is 0.244. The Morgan fingerprint density at radius 1 is 1.06 bits per heavy atom. The average molecular weight is 242 g/mol. The number of benzene rings is 1. The predicted octanol–water partition coefficient (Wildman–Crippen LogP) is 3.97. The molecule has 0 fully saturated rings. The van der Waals surface area contributed by atoms with Crippen molar-refractivity contribution >= 4 is 0 Å². The van der Waals surface area contributed by atoms with Crippen molar-refractivity contribution in [2.75, 3.05) is 0 Å². The number of allylic oxidation sites excluding steroid dienone is 1. The highest BCUT2D eigenvalue weighted by molar-refractivity contribution is 5.35. The molecule has 2 aliphatic rings. The molecule has 2 atom stereocenters. The van der Waals surface area contributed by atoms with Crippen LogP contribution in [0.5, 0.6) is 0 Å². The normalized spacial score (nSPS) is 25.2. The molecule has 0 saturated heterocycles. The predicted molar refractivity (Wildman–Crippen MR) is 74.7 cm³/mol. The highest BCUT2D eigenvalue weighted by atomic mass is 16.3. The third-order valence-electron chi connectivity index (χ3n) is 4.50. The lowest BCUT2D eigenvalue weighted by Gasteiger charge is -2.31. The van der Waals surface area contributed by atoms with Crippen molar-refractivity contribution in [3.8, 4) is 0 Å².